The monoisotopic (exact) mass is 643 g/mol. The van der Waals surface area contributed by atoms with E-state index in [0.29, 0.717) is 32.6 Å². The second kappa shape index (κ2) is 12.4. The Hall–Kier alpha value is -4.68. The summed E-state index contributed by atoms with van der Waals surface area (Å²) in [5, 5.41) is 2.52. The Morgan fingerprint density at radius 1 is 0.933 bits per heavy atom. The molecule has 3 atom stereocenters. The molecule has 2 aliphatic heterocycles. The number of esters is 1. The second-order valence-corrected chi connectivity index (χ2v) is 12.7. The Balaban J connectivity index is 1.38. The van der Waals surface area contributed by atoms with Gasteiger partial charge in [0.15, 0.2) is 0 Å². The lowest BCUT2D eigenvalue weighted by Gasteiger charge is -2.30. The van der Waals surface area contributed by atoms with Crippen molar-refractivity contribution in [2.45, 2.75) is 36.6 Å². The number of aryl methyl sites for hydroxylation is 1. The number of methoxy groups -OCH3 is 1. The second-order valence-electron chi connectivity index (χ2n) is 10.6. The number of carbonyl (C=O) groups excluding carboxylic acids is 4. The SMILES string of the molecule is CCOC(=O)c1ccc(N2C(=O)[C@H]3[C@H](c4ccc(OC)cc4)c4sc(=O)n(CC(=O)Nc5ccccc5C)c4S[C@H]3C2=O)cc1. The summed E-state index contributed by atoms with van der Waals surface area (Å²) in [6, 6.07) is 20.7. The largest absolute Gasteiger partial charge is 0.497 e. The molecule has 0 bridgehead atoms. The van der Waals surface area contributed by atoms with Crippen LogP contribution in [0.3, 0.4) is 0 Å². The average molecular weight is 644 g/mol. The van der Waals surface area contributed by atoms with Crippen LogP contribution in [-0.2, 0) is 25.7 Å². The minimum absolute atomic E-state index is 0.222. The summed E-state index contributed by atoms with van der Waals surface area (Å²) in [5.74, 6) is -2.52. The van der Waals surface area contributed by atoms with Gasteiger partial charge >= 0.3 is 10.8 Å². The third kappa shape index (κ3) is 5.55. The smallest absolute Gasteiger partial charge is 0.338 e. The molecule has 2 aliphatic rings. The molecule has 0 spiro atoms. The van der Waals surface area contributed by atoms with Crippen LogP contribution in [0.15, 0.2) is 82.6 Å². The van der Waals surface area contributed by atoms with Crippen molar-refractivity contribution in [2.24, 2.45) is 5.92 Å². The van der Waals surface area contributed by atoms with Gasteiger partial charge in [-0.05, 0) is 67.4 Å². The minimum Gasteiger partial charge on any atom is -0.497 e. The fourth-order valence-corrected chi connectivity index (χ4v) is 8.46. The zero-order valence-electron chi connectivity index (χ0n) is 24.6. The van der Waals surface area contributed by atoms with E-state index in [1.807, 2.05) is 37.3 Å². The Morgan fingerprint density at radius 3 is 2.31 bits per heavy atom. The van der Waals surface area contributed by atoms with Crippen LogP contribution in [-0.4, -0.2) is 47.2 Å². The fraction of sp³-hybridized carbons (Fsp3) is 0.242. The standard InChI is InChI=1S/C33H29N3O7S2/c1-4-43-32(40)20-9-13-21(14-10-20)36-29(38)26-25(19-11-15-22(42-3)16-12-19)28-31(44-27(26)30(36)39)35(33(41)45-28)17-24(37)34-23-8-6-5-7-18(23)2/h5-16,25-27H,4,17H2,1-3H3,(H,34,37)/t25-,26-,27+/m0/s1. The van der Waals surface area contributed by atoms with Crippen molar-refractivity contribution >= 4 is 58.2 Å². The molecule has 0 unspecified atom stereocenters. The van der Waals surface area contributed by atoms with Crippen molar-refractivity contribution in [1.82, 2.24) is 4.57 Å². The highest BCUT2D eigenvalue weighted by atomic mass is 32.2. The van der Waals surface area contributed by atoms with Crippen LogP contribution < -0.4 is 19.8 Å². The topological polar surface area (TPSA) is 124 Å². The normalized spacial score (nSPS) is 18.7. The van der Waals surface area contributed by atoms with Gasteiger partial charge in [0, 0.05) is 16.5 Å². The van der Waals surface area contributed by atoms with Gasteiger partial charge in [-0.1, -0.05) is 53.4 Å². The van der Waals surface area contributed by atoms with E-state index in [9.17, 15) is 24.0 Å². The molecule has 0 radical (unpaired) electrons. The quantitative estimate of drug-likeness (QED) is 0.214. The lowest BCUT2D eigenvalue weighted by molar-refractivity contribution is -0.122. The van der Waals surface area contributed by atoms with Gasteiger partial charge in [0.2, 0.25) is 17.7 Å². The maximum absolute atomic E-state index is 14.1. The first-order valence-electron chi connectivity index (χ1n) is 14.3. The van der Waals surface area contributed by atoms with Crippen LogP contribution in [0.4, 0.5) is 11.4 Å². The van der Waals surface area contributed by atoms with Gasteiger partial charge in [-0.3, -0.25) is 23.7 Å². The Kier molecular flexibility index (Phi) is 8.34. The Bertz CT molecular complexity index is 1860. The molecule has 4 aromatic rings. The number of anilines is 2. The molecule has 0 saturated carbocycles. The Labute approximate surface area is 267 Å². The van der Waals surface area contributed by atoms with E-state index in [1.54, 1.807) is 44.4 Å². The number of fused-ring (bicyclic) bond motifs is 2. The number of thioether (sulfide) groups is 1. The summed E-state index contributed by atoms with van der Waals surface area (Å²) in [4.78, 5) is 68.2. The van der Waals surface area contributed by atoms with Crippen molar-refractivity contribution in [3.05, 3.63) is 104 Å². The number of benzene rings is 3. The number of ether oxygens (including phenoxy) is 2. The molecule has 0 aliphatic carbocycles. The van der Waals surface area contributed by atoms with Crippen LogP contribution >= 0.6 is 23.1 Å². The van der Waals surface area contributed by atoms with Crippen LogP contribution in [0.2, 0.25) is 0 Å². The van der Waals surface area contributed by atoms with Gasteiger partial charge in [-0.15, -0.1) is 0 Å². The van der Waals surface area contributed by atoms with Crippen LogP contribution in [0.25, 0.3) is 0 Å². The first-order valence-corrected chi connectivity index (χ1v) is 16.0. The Morgan fingerprint density at radius 2 is 1.64 bits per heavy atom. The molecular weight excluding hydrogens is 615 g/mol. The predicted octanol–water partition coefficient (Wildman–Crippen LogP) is 4.84. The highest BCUT2D eigenvalue weighted by molar-refractivity contribution is 8.00. The minimum atomic E-state index is -0.846. The number of nitrogens with one attached hydrogen (secondary N) is 1. The number of hydrogen-bond acceptors (Lipinski definition) is 9. The van der Waals surface area contributed by atoms with E-state index < -0.39 is 34.9 Å². The number of thiazole rings is 1. The molecule has 1 N–H and O–H groups in total. The van der Waals surface area contributed by atoms with Gasteiger partial charge in [0.25, 0.3) is 0 Å². The van der Waals surface area contributed by atoms with Gasteiger partial charge in [-0.2, -0.15) is 0 Å². The van der Waals surface area contributed by atoms with Crippen molar-refractivity contribution in [3.63, 3.8) is 0 Å². The van der Waals surface area contributed by atoms with Crippen molar-refractivity contribution in [2.75, 3.05) is 23.9 Å². The number of rotatable bonds is 8. The van der Waals surface area contributed by atoms with Crippen molar-refractivity contribution in [3.8, 4) is 5.75 Å². The molecular formula is C33H29N3O7S2. The maximum Gasteiger partial charge on any atom is 0.338 e. The van der Waals surface area contributed by atoms with Gasteiger partial charge in [0.05, 0.1) is 35.9 Å². The summed E-state index contributed by atoms with van der Waals surface area (Å²) < 4.78 is 11.8. The molecule has 3 aromatic carbocycles. The number of para-hydroxylation sites is 1. The van der Waals surface area contributed by atoms with E-state index in [4.69, 9.17) is 9.47 Å². The number of aromatic nitrogens is 1. The number of nitrogens with zero attached hydrogens (tertiary/aromatic N) is 2. The summed E-state index contributed by atoms with van der Waals surface area (Å²) >= 11 is 2.12. The molecule has 12 heteroatoms. The number of carbonyl (C=O) groups is 4. The van der Waals surface area contributed by atoms with Crippen LogP contribution in [0, 0.1) is 12.8 Å². The summed E-state index contributed by atoms with van der Waals surface area (Å²) in [6.45, 7) is 3.56. The molecule has 45 heavy (non-hydrogen) atoms. The lowest BCUT2D eigenvalue weighted by Crippen LogP contribution is -2.33. The molecule has 230 valence electrons. The van der Waals surface area contributed by atoms with Crippen LogP contribution in [0.1, 0.15) is 39.2 Å². The summed E-state index contributed by atoms with van der Waals surface area (Å²) in [6.07, 6.45) is 0. The third-order valence-electron chi connectivity index (χ3n) is 7.88. The first-order chi connectivity index (χ1) is 21.7. The molecule has 3 amide bonds. The van der Waals surface area contributed by atoms with E-state index in [1.165, 1.54) is 16.7 Å². The van der Waals surface area contributed by atoms with E-state index >= 15 is 0 Å². The number of imide groups is 1. The number of amides is 3. The van der Waals surface area contributed by atoms with Crippen molar-refractivity contribution in [1.29, 1.82) is 0 Å². The molecule has 1 saturated heterocycles. The average Bonchev–Trinajstić information content (AvgIpc) is 3.48. The summed E-state index contributed by atoms with van der Waals surface area (Å²) in [5.41, 5.74) is 2.90. The van der Waals surface area contributed by atoms with E-state index in [-0.39, 0.29) is 23.9 Å². The highest BCUT2D eigenvalue weighted by Crippen LogP contribution is 2.54. The third-order valence-corrected chi connectivity index (χ3v) is 10.5. The van der Waals surface area contributed by atoms with Gasteiger partial charge in [0.1, 0.15) is 17.5 Å². The van der Waals surface area contributed by atoms with Gasteiger partial charge < -0.3 is 14.8 Å². The summed E-state index contributed by atoms with van der Waals surface area (Å²) in [7, 11) is 1.55. The molecule has 3 heterocycles. The number of hydrogen-bond donors (Lipinski definition) is 1. The van der Waals surface area contributed by atoms with E-state index in [0.717, 1.165) is 39.1 Å². The molecule has 1 aromatic heterocycles. The van der Waals surface area contributed by atoms with Gasteiger partial charge in [-0.25, -0.2) is 9.69 Å². The zero-order valence-corrected chi connectivity index (χ0v) is 26.3. The van der Waals surface area contributed by atoms with Crippen molar-refractivity contribution < 1.29 is 28.7 Å². The molecule has 6 rings (SSSR count). The molecule has 1 fully saturated rings. The lowest BCUT2D eigenvalue weighted by atomic mass is 9.83. The maximum atomic E-state index is 14.1. The fourth-order valence-electron chi connectivity index (χ4n) is 5.69. The highest BCUT2D eigenvalue weighted by Gasteiger charge is 2.56. The zero-order chi connectivity index (χ0) is 31.8. The molecule has 10 nitrogen and oxygen atoms in total. The van der Waals surface area contributed by atoms with Crippen LogP contribution in [0.5, 0.6) is 5.75 Å². The predicted molar refractivity (Wildman–Crippen MR) is 171 cm³/mol. The first kappa shape index (κ1) is 30.4. The van der Waals surface area contributed by atoms with E-state index in [2.05, 4.69) is 5.32 Å².